The normalized spacial score (nSPS) is 9.75. The summed E-state index contributed by atoms with van der Waals surface area (Å²) in [6.45, 7) is 0.425. The molecule has 6 heteroatoms. The fourth-order valence-electron chi connectivity index (χ4n) is 1.81. The highest BCUT2D eigenvalue weighted by atomic mass is 16.6. The zero-order valence-corrected chi connectivity index (χ0v) is 10.6. The molecule has 20 heavy (non-hydrogen) atoms. The van der Waals surface area contributed by atoms with Crippen molar-refractivity contribution in [3.05, 3.63) is 58.8 Å². The number of pyridine rings is 1. The lowest BCUT2D eigenvalue weighted by molar-refractivity contribution is -0.384. The van der Waals surface area contributed by atoms with Gasteiger partial charge in [0.15, 0.2) is 0 Å². The van der Waals surface area contributed by atoms with Crippen molar-refractivity contribution in [1.82, 2.24) is 4.98 Å². The second-order valence-corrected chi connectivity index (χ2v) is 4.02. The van der Waals surface area contributed by atoms with E-state index >= 15 is 0 Å². The van der Waals surface area contributed by atoms with Crippen LogP contribution in [0.3, 0.4) is 0 Å². The molecule has 0 aliphatic rings. The van der Waals surface area contributed by atoms with Gasteiger partial charge in [-0.1, -0.05) is 18.2 Å². The average Bonchev–Trinajstić information content (AvgIpc) is 2.49. The number of benzene rings is 1. The molecule has 0 N–H and O–H groups in total. The number of nitriles is 1. The smallest absolute Gasteiger partial charge is 0.274 e. The summed E-state index contributed by atoms with van der Waals surface area (Å²) in [5, 5.41) is 19.6. The van der Waals surface area contributed by atoms with E-state index in [0.29, 0.717) is 18.8 Å². The molecule has 0 aliphatic heterocycles. The summed E-state index contributed by atoms with van der Waals surface area (Å²) in [7, 11) is 0. The van der Waals surface area contributed by atoms with Gasteiger partial charge in [0, 0.05) is 24.5 Å². The van der Waals surface area contributed by atoms with Crippen molar-refractivity contribution < 1.29 is 4.92 Å². The number of hydrogen-bond acceptors (Lipinski definition) is 5. The number of aromatic nitrogens is 1. The fraction of sp³-hybridized carbons (Fsp3) is 0.143. The molecule has 1 heterocycles. The molecule has 0 bridgehead atoms. The predicted octanol–water partition coefficient (Wildman–Crippen LogP) is 3.04. The Labute approximate surface area is 116 Å². The van der Waals surface area contributed by atoms with Crippen LogP contribution in [0.2, 0.25) is 0 Å². The summed E-state index contributed by atoms with van der Waals surface area (Å²) in [4.78, 5) is 16.3. The predicted molar refractivity (Wildman–Crippen MR) is 74.6 cm³/mol. The van der Waals surface area contributed by atoms with Gasteiger partial charge in [0.25, 0.3) is 5.69 Å². The molecule has 0 fully saturated rings. The molecule has 6 nitrogen and oxygen atoms in total. The standard InChI is InChI=1S/C14H12N4O2/c15-8-4-10-17(12-5-2-1-3-6-12)14-11-13(18(19)20)7-9-16-14/h1-3,5-7,9,11H,4,10H2. The molecule has 1 aromatic carbocycles. The largest absolute Gasteiger partial charge is 0.325 e. The van der Waals surface area contributed by atoms with Gasteiger partial charge in [-0.15, -0.1) is 0 Å². The van der Waals surface area contributed by atoms with Crippen molar-refractivity contribution in [3.8, 4) is 6.07 Å². The second-order valence-electron chi connectivity index (χ2n) is 4.02. The third-order valence-electron chi connectivity index (χ3n) is 2.73. The van der Waals surface area contributed by atoms with E-state index in [4.69, 9.17) is 5.26 Å². The molecule has 0 atom stereocenters. The Morgan fingerprint density at radius 1 is 1.30 bits per heavy atom. The van der Waals surface area contributed by atoms with Crippen molar-refractivity contribution in [2.75, 3.05) is 11.4 Å². The van der Waals surface area contributed by atoms with Gasteiger partial charge in [-0.3, -0.25) is 10.1 Å². The summed E-state index contributed by atoms with van der Waals surface area (Å²) in [5.74, 6) is 0.459. The molecular weight excluding hydrogens is 256 g/mol. The van der Waals surface area contributed by atoms with Gasteiger partial charge in [0.05, 0.1) is 23.5 Å². The van der Waals surface area contributed by atoms with E-state index in [1.54, 1.807) is 4.90 Å². The van der Waals surface area contributed by atoms with E-state index in [9.17, 15) is 10.1 Å². The lowest BCUT2D eigenvalue weighted by Gasteiger charge is -2.22. The maximum Gasteiger partial charge on any atom is 0.274 e. The molecule has 2 rings (SSSR count). The van der Waals surface area contributed by atoms with Crippen LogP contribution in [0.25, 0.3) is 0 Å². The van der Waals surface area contributed by atoms with Gasteiger partial charge in [-0.2, -0.15) is 5.26 Å². The fourth-order valence-corrected chi connectivity index (χ4v) is 1.81. The first kappa shape index (κ1) is 13.5. The maximum atomic E-state index is 10.8. The Morgan fingerprint density at radius 3 is 2.70 bits per heavy atom. The third-order valence-corrected chi connectivity index (χ3v) is 2.73. The minimum Gasteiger partial charge on any atom is -0.325 e. The highest BCUT2D eigenvalue weighted by molar-refractivity contribution is 5.61. The van der Waals surface area contributed by atoms with Crippen LogP contribution in [0.4, 0.5) is 17.2 Å². The Kier molecular flexibility index (Phi) is 4.24. The third kappa shape index (κ3) is 3.09. The van der Waals surface area contributed by atoms with Gasteiger partial charge >= 0.3 is 0 Å². The topological polar surface area (TPSA) is 83.1 Å². The number of anilines is 2. The van der Waals surface area contributed by atoms with E-state index in [1.807, 2.05) is 30.3 Å². The lowest BCUT2D eigenvalue weighted by atomic mass is 10.2. The van der Waals surface area contributed by atoms with Gasteiger partial charge in [-0.25, -0.2) is 4.98 Å². The van der Waals surface area contributed by atoms with Gasteiger partial charge < -0.3 is 4.90 Å². The first-order valence-electron chi connectivity index (χ1n) is 6.02. The van der Waals surface area contributed by atoms with Crippen LogP contribution in [-0.2, 0) is 0 Å². The first-order chi connectivity index (χ1) is 9.72. The van der Waals surface area contributed by atoms with Crippen LogP contribution in [0.1, 0.15) is 6.42 Å². The molecule has 0 amide bonds. The number of nitrogens with zero attached hydrogens (tertiary/aromatic N) is 4. The number of para-hydroxylation sites is 1. The zero-order valence-electron chi connectivity index (χ0n) is 10.6. The molecule has 0 unspecified atom stereocenters. The molecule has 100 valence electrons. The highest BCUT2D eigenvalue weighted by Gasteiger charge is 2.14. The zero-order chi connectivity index (χ0) is 14.4. The first-order valence-corrected chi connectivity index (χ1v) is 6.02. The van der Waals surface area contributed by atoms with Crippen LogP contribution in [0, 0.1) is 21.4 Å². The second kappa shape index (κ2) is 6.29. The molecular formula is C14H12N4O2. The van der Waals surface area contributed by atoms with Gasteiger partial charge in [0.1, 0.15) is 5.82 Å². The summed E-state index contributed by atoms with van der Waals surface area (Å²) in [6, 6.07) is 14.2. The Bertz CT molecular complexity index is 637. The number of hydrogen-bond donors (Lipinski definition) is 0. The van der Waals surface area contributed by atoms with Gasteiger partial charge in [-0.05, 0) is 12.1 Å². The Balaban J connectivity index is 2.39. The van der Waals surface area contributed by atoms with Crippen molar-refractivity contribution in [2.45, 2.75) is 6.42 Å². The van der Waals surface area contributed by atoms with E-state index in [-0.39, 0.29) is 5.69 Å². The van der Waals surface area contributed by atoms with Crippen molar-refractivity contribution in [2.24, 2.45) is 0 Å². The van der Waals surface area contributed by atoms with E-state index < -0.39 is 4.92 Å². The highest BCUT2D eigenvalue weighted by Crippen LogP contribution is 2.26. The van der Waals surface area contributed by atoms with Crippen LogP contribution in [0.5, 0.6) is 0 Å². The maximum absolute atomic E-state index is 10.8. The molecule has 1 aromatic heterocycles. The summed E-state index contributed by atoms with van der Waals surface area (Å²) >= 11 is 0. The van der Waals surface area contributed by atoms with Crippen LogP contribution >= 0.6 is 0 Å². The molecule has 0 saturated heterocycles. The quantitative estimate of drug-likeness (QED) is 0.614. The summed E-state index contributed by atoms with van der Waals surface area (Å²) in [6.07, 6.45) is 1.70. The van der Waals surface area contributed by atoms with Crippen molar-refractivity contribution in [3.63, 3.8) is 0 Å². The Morgan fingerprint density at radius 2 is 2.05 bits per heavy atom. The monoisotopic (exact) mass is 268 g/mol. The number of nitro groups is 1. The molecule has 0 spiro atoms. The average molecular weight is 268 g/mol. The van der Waals surface area contributed by atoms with Gasteiger partial charge in [0.2, 0.25) is 0 Å². The molecule has 0 saturated carbocycles. The minimum atomic E-state index is -0.460. The van der Waals surface area contributed by atoms with Crippen LogP contribution in [0.15, 0.2) is 48.7 Å². The van der Waals surface area contributed by atoms with Crippen LogP contribution < -0.4 is 4.90 Å². The van der Waals surface area contributed by atoms with Crippen LogP contribution in [-0.4, -0.2) is 16.5 Å². The Hall–Kier alpha value is -2.94. The van der Waals surface area contributed by atoms with Crippen molar-refractivity contribution >= 4 is 17.2 Å². The van der Waals surface area contributed by atoms with Crippen molar-refractivity contribution in [1.29, 1.82) is 5.26 Å². The molecule has 2 aromatic rings. The molecule has 0 aliphatic carbocycles. The summed E-state index contributed by atoms with van der Waals surface area (Å²) in [5.41, 5.74) is 0.823. The molecule has 0 radical (unpaired) electrons. The summed E-state index contributed by atoms with van der Waals surface area (Å²) < 4.78 is 0. The minimum absolute atomic E-state index is 0.0205. The lowest BCUT2D eigenvalue weighted by Crippen LogP contribution is -2.19. The van der Waals surface area contributed by atoms with E-state index in [1.165, 1.54) is 18.3 Å². The van der Waals surface area contributed by atoms with E-state index in [2.05, 4.69) is 11.1 Å². The van der Waals surface area contributed by atoms with E-state index in [0.717, 1.165) is 5.69 Å². The SMILES string of the molecule is N#CCCN(c1ccccc1)c1cc([N+](=O)[O-])ccn1. The number of rotatable bonds is 5.